The van der Waals surface area contributed by atoms with Gasteiger partial charge in [-0.15, -0.1) is 0 Å². The minimum absolute atomic E-state index is 0.0100. The van der Waals surface area contributed by atoms with Crippen LogP contribution in [0.3, 0.4) is 0 Å². The van der Waals surface area contributed by atoms with Crippen LogP contribution in [-0.2, 0) is 4.79 Å². The number of hydrogen-bond acceptors (Lipinski definition) is 22. The number of Topliss-reactive ketones (excluding diaryl/α,β-unsaturated/α-hetero) is 3. The monoisotopic (exact) mass is 1440 g/mol. The fraction of sp³-hybridized carbons (Fsp3) is 0.125. The maximum absolute atomic E-state index is 11.7. The van der Waals surface area contributed by atoms with Gasteiger partial charge in [-0.25, -0.2) is 50.1 Å². The van der Waals surface area contributed by atoms with Crippen molar-refractivity contribution >= 4 is 150 Å². The lowest BCUT2D eigenvalue weighted by Crippen LogP contribution is -1.95. The number of para-hydroxylation sites is 1. The molecule has 0 saturated heterocycles. The highest BCUT2D eigenvalue weighted by atomic mass is 35.8. The molecule has 0 aliphatic rings. The number of aromatic hydroxyl groups is 10. The largest absolute Gasteiger partial charge is 0.643 e. The number of phenolic OH excluding ortho intramolecular Hbond substituents is 10. The van der Waals surface area contributed by atoms with Crippen LogP contribution in [0.25, 0.3) is 67.9 Å². The molecule has 0 spiro atoms. The summed E-state index contributed by atoms with van der Waals surface area (Å²) in [4.78, 5) is 71.5. The fourth-order valence-electron chi connectivity index (χ4n) is 9.00. The predicted octanol–water partition coefficient (Wildman–Crippen LogP) is 15.5. The van der Waals surface area contributed by atoms with Crippen LogP contribution in [0, 0.1) is 13.8 Å². The number of methoxy groups -OCH3 is 3. The third-order valence-corrected chi connectivity index (χ3v) is 13.6. The van der Waals surface area contributed by atoms with Gasteiger partial charge in [0.2, 0.25) is 22.5 Å². The Morgan fingerprint density at radius 2 is 0.707 bits per heavy atom. The molecule has 27 heteroatoms. The summed E-state index contributed by atoms with van der Waals surface area (Å²) in [5.41, 5.74) is 7.72. The second-order valence-corrected chi connectivity index (χ2v) is 27.7. The Bertz CT molecular complexity index is 4690. The fourth-order valence-corrected chi connectivity index (χ4v) is 9.00. The number of rotatable bonds is 11. The van der Waals surface area contributed by atoms with Crippen molar-refractivity contribution in [2.24, 2.45) is 0 Å². The number of hydrogen-bond donors (Lipinski definition) is 10. The van der Waals surface area contributed by atoms with E-state index in [-0.39, 0.29) is 103 Å². The van der Waals surface area contributed by atoms with E-state index in [1.807, 2.05) is 50.2 Å². The van der Waals surface area contributed by atoms with Crippen LogP contribution in [0.15, 0.2) is 140 Å². The first-order chi connectivity index (χ1) is 46.8. The molecule has 0 aliphatic heterocycles. The zero-order valence-electron chi connectivity index (χ0n) is 54.3. The number of fused-ring (bicyclic) bond motifs is 4. The summed E-state index contributed by atoms with van der Waals surface area (Å²) in [7, 11) is 19.0. The maximum Gasteiger partial charge on any atom is 0.643 e. The molecule has 0 amide bonds. The number of pyridine rings is 4. The molecule has 99 heavy (non-hydrogen) atoms. The Hall–Kier alpha value is -10.9. The van der Waals surface area contributed by atoms with Crippen LogP contribution >= 0.6 is 41.7 Å². The smallest absolute Gasteiger partial charge is 0.506 e. The van der Waals surface area contributed by atoms with Gasteiger partial charge >= 0.3 is 11.4 Å². The van der Waals surface area contributed by atoms with Gasteiger partial charge in [0.15, 0.2) is 51.8 Å². The van der Waals surface area contributed by atoms with Crippen molar-refractivity contribution in [2.75, 3.05) is 21.3 Å². The van der Waals surface area contributed by atoms with Gasteiger partial charge < -0.3 is 65.3 Å². The Morgan fingerprint density at radius 3 is 1.06 bits per heavy atom. The van der Waals surface area contributed by atoms with Crippen molar-refractivity contribution in [1.29, 1.82) is 0 Å². The van der Waals surface area contributed by atoms with Crippen LogP contribution in [-0.4, -0.2) is 133 Å². The van der Waals surface area contributed by atoms with E-state index in [4.69, 9.17) is 54.6 Å². The molecule has 512 valence electrons. The van der Waals surface area contributed by atoms with Gasteiger partial charge in [-0.1, -0.05) is 36.4 Å². The minimum atomic E-state index is -1.72. The van der Waals surface area contributed by atoms with Gasteiger partial charge in [0, 0.05) is 62.1 Å². The molecule has 0 radical (unpaired) electrons. The molecule has 0 bridgehead atoms. The lowest BCUT2D eigenvalue weighted by molar-refractivity contribution is -0.109. The molecule has 0 aliphatic carbocycles. The summed E-state index contributed by atoms with van der Waals surface area (Å²) in [5, 5.41) is 98.6. The molecule has 0 unspecified atom stereocenters. The summed E-state index contributed by atoms with van der Waals surface area (Å²) < 4.78 is 14.7. The third kappa shape index (κ3) is 22.3. The molecule has 0 atom stereocenters. The number of nitrogens with zero attached hydrogens (tertiary/aromatic N) is 4. The normalized spacial score (nSPS) is 10.4. The van der Waals surface area contributed by atoms with Gasteiger partial charge in [-0.3, -0.25) is 24.0 Å². The molecular weight excluding hydrogens is 1380 g/mol. The van der Waals surface area contributed by atoms with Gasteiger partial charge in [-0.2, -0.15) is 0 Å². The Labute approximate surface area is 588 Å². The zero-order chi connectivity index (χ0) is 73.5. The zero-order valence-corrected chi connectivity index (χ0v) is 58.5. The SMILES string of the molecule is CC(=O)Cl.CC(=O)c1ccc(O)c2nc(C)ccc12.COc1cc(/C=C/c2ccc3c(C(C)=O)ccc(O)c3n2)cc(O)c1O.COc1cc(/C=C/c2ccc3c(C(C)=O)ccc(O)c3n2)cc(O)c1O.COc1cc(C=O)cc(O)c1O.Cc1ccc2cccc(O)c2n1.[Cl][Al]([Cl])[Cl]. The average Bonchev–Trinajstić information content (AvgIpc) is 0.806. The Kier molecular flexibility index (Phi) is 29.5. The van der Waals surface area contributed by atoms with E-state index in [1.54, 1.807) is 85.0 Å². The van der Waals surface area contributed by atoms with E-state index in [0.29, 0.717) is 83.7 Å². The highest BCUT2D eigenvalue weighted by Gasteiger charge is 2.16. The number of aryl methyl sites for hydroxylation is 2. The molecule has 0 fully saturated rings. The summed E-state index contributed by atoms with van der Waals surface area (Å²) in [5.74, 6) is -1.47. The van der Waals surface area contributed by atoms with Gasteiger partial charge in [0.25, 0.3) is 0 Å². The summed E-state index contributed by atoms with van der Waals surface area (Å²) in [6, 6.07) is 37.4. The van der Waals surface area contributed by atoms with E-state index in [0.717, 1.165) is 22.8 Å². The van der Waals surface area contributed by atoms with E-state index in [9.17, 15) is 64.8 Å². The lowest BCUT2D eigenvalue weighted by Gasteiger charge is -2.07. The van der Waals surface area contributed by atoms with Crippen LogP contribution in [0.1, 0.15) is 103 Å². The van der Waals surface area contributed by atoms with Gasteiger partial charge in [-0.05, 0) is 185 Å². The number of phenols is 10. The first-order valence-electron chi connectivity index (χ1n) is 29.0. The number of halogens is 4. The van der Waals surface area contributed by atoms with Crippen LogP contribution < -0.4 is 14.2 Å². The summed E-state index contributed by atoms with van der Waals surface area (Å²) in [6.07, 6.45) is 7.29. The molecule has 7 aromatic carbocycles. The molecule has 11 rings (SSSR count). The Balaban J connectivity index is 0.000000225. The highest BCUT2D eigenvalue weighted by Crippen LogP contribution is 2.39. The van der Waals surface area contributed by atoms with Crippen LogP contribution in [0.4, 0.5) is 0 Å². The van der Waals surface area contributed by atoms with E-state index < -0.39 is 11.4 Å². The first-order valence-corrected chi connectivity index (χ1v) is 34.6. The molecule has 22 nitrogen and oxygen atoms in total. The molecule has 11 aromatic rings. The van der Waals surface area contributed by atoms with Crippen molar-refractivity contribution in [3.63, 3.8) is 0 Å². The standard InChI is InChI=1S/2C20H17NO5.C12H11NO2.C10H9NO.C8H8O4.C2H3ClO.Al.3ClH/c2*1-11(22)14-7-8-16(23)19-15(14)6-5-13(21-19)4-3-12-9-17(24)20(25)18(10-12)26-2;1-7-3-4-10-9(8(2)14)5-6-11(15)12(10)13-7;1-7-5-6-8-3-2-4-9(12)10(8)11-7;1-12-7-3-5(4-9)2-6(10)8(7)11;1-2(3)4;;;;/h2*3-10,23-25H,1-2H3;3-6,15H,1-2H3;2-6,12H,1H3;2-4,10-11H,1H3;1H3;;3*1H/q;;;;;;+3;;;/p-3/b2*4-3+;;;;;;;;. The van der Waals surface area contributed by atoms with Crippen molar-refractivity contribution in [3.8, 4) is 74.7 Å². The van der Waals surface area contributed by atoms with Crippen molar-refractivity contribution in [3.05, 3.63) is 196 Å². The third-order valence-electron chi connectivity index (χ3n) is 13.6. The molecule has 4 aromatic heterocycles. The average molecular weight is 1440 g/mol. The Morgan fingerprint density at radius 1 is 0.394 bits per heavy atom. The number of benzene rings is 7. The predicted molar refractivity (Wildman–Crippen MR) is 385 cm³/mol. The van der Waals surface area contributed by atoms with Crippen molar-refractivity contribution in [2.45, 2.75) is 41.5 Å². The maximum atomic E-state index is 11.7. The molecule has 4 heterocycles. The number of carbonyl (C=O) groups is 5. The van der Waals surface area contributed by atoms with E-state index in [1.165, 1.54) is 85.4 Å². The minimum Gasteiger partial charge on any atom is -0.506 e. The second kappa shape index (κ2) is 37.0. The van der Waals surface area contributed by atoms with Crippen LogP contribution in [0.2, 0.25) is 0 Å². The van der Waals surface area contributed by atoms with E-state index in [2.05, 4.69) is 31.5 Å². The van der Waals surface area contributed by atoms with Crippen molar-refractivity contribution in [1.82, 2.24) is 19.9 Å². The lowest BCUT2D eigenvalue weighted by atomic mass is 10.0. The number of aldehydes is 1. The number of aromatic nitrogens is 4. The number of carbonyl (C=O) groups excluding carboxylic acids is 5. The first kappa shape index (κ1) is 78.8. The quantitative estimate of drug-likeness (QED) is 0.0189. The summed E-state index contributed by atoms with van der Waals surface area (Å²) in [6.45, 7) is 9.48. The number of ether oxygens (including phenoxy) is 3. The van der Waals surface area contributed by atoms with Gasteiger partial charge in [0.1, 0.15) is 51.4 Å². The number of ketones is 3. The molecule has 10 N–H and O–H groups in total. The van der Waals surface area contributed by atoms with Crippen molar-refractivity contribution < 1.29 is 89.2 Å². The molecule has 0 saturated carbocycles. The van der Waals surface area contributed by atoms with E-state index >= 15 is 0 Å². The molecular formula is C72H65AlCl4N4O18. The highest BCUT2D eigenvalue weighted by molar-refractivity contribution is 7.54. The van der Waals surface area contributed by atoms with Gasteiger partial charge in [0.05, 0.1) is 32.7 Å². The second-order valence-electron chi connectivity index (χ2n) is 20.8. The topological polar surface area (TPSA) is 367 Å². The summed E-state index contributed by atoms with van der Waals surface area (Å²) >= 11 is 2.91. The van der Waals surface area contributed by atoms with Crippen LogP contribution in [0.5, 0.6) is 74.7 Å².